The van der Waals surface area contributed by atoms with Crippen LogP contribution in [0.3, 0.4) is 0 Å². The quantitative estimate of drug-likeness (QED) is 0.581. The molecule has 0 spiro atoms. The standard InChI is InChI=1S/C4H9NO2S.2ClH/c1-4(5,2-8)3(6)7;;/h8H,2,5H2,1H3,(H,6,7);2*1H/t4-;;/m1../s1. The van der Waals surface area contributed by atoms with Crippen molar-refractivity contribution >= 4 is 43.4 Å². The zero-order valence-corrected chi connectivity index (χ0v) is 7.93. The van der Waals surface area contributed by atoms with Crippen LogP contribution in [0.4, 0.5) is 0 Å². The zero-order valence-electron chi connectivity index (χ0n) is 5.40. The van der Waals surface area contributed by atoms with Crippen molar-refractivity contribution in [3.05, 3.63) is 0 Å². The number of thiol groups is 1. The fourth-order valence-electron chi connectivity index (χ4n) is 0.0676. The van der Waals surface area contributed by atoms with Crippen molar-refractivity contribution in [2.75, 3.05) is 5.75 Å². The molecule has 0 amide bonds. The summed E-state index contributed by atoms with van der Waals surface area (Å²) in [6, 6.07) is 0. The minimum Gasteiger partial charge on any atom is -0.480 e. The Labute approximate surface area is 77.6 Å². The largest absolute Gasteiger partial charge is 0.480 e. The molecular weight excluding hydrogens is 197 g/mol. The van der Waals surface area contributed by atoms with Crippen LogP contribution in [0.15, 0.2) is 0 Å². The van der Waals surface area contributed by atoms with Crippen molar-refractivity contribution < 1.29 is 9.90 Å². The third-order valence-electron chi connectivity index (χ3n) is 0.817. The molecule has 0 rings (SSSR count). The molecule has 64 valence electrons. The lowest BCUT2D eigenvalue weighted by Gasteiger charge is -2.14. The molecule has 0 aromatic rings. The molecule has 0 heterocycles. The second-order valence-corrected chi connectivity index (χ2v) is 2.20. The third-order valence-corrected chi connectivity index (χ3v) is 1.47. The van der Waals surface area contributed by atoms with Gasteiger partial charge in [0.05, 0.1) is 0 Å². The minimum absolute atomic E-state index is 0. The van der Waals surface area contributed by atoms with E-state index in [1.807, 2.05) is 0 Å². The van der Waals surface area contributed by atoms with Gasteiger partial charge in [-0.15, -0.1) is 24.8 Å². The average molecular weight is 208 g/mol. The Morgan fingerprint density at radius 3 is 2.00 bits per heavy atom. The number of hydrogen-bond acceptors (Lipinski definition) is 3. The maximum atomic E-state index is 10.1. The van der Waals surface area contributed by atoms with Gasteiger partial charge in [-0.25, -0.2) is 0 Å². The van der Waals surface area contributed by atoms with E-state index in [1.54, 1.807) is 0 Å². The number of carbonyl (C=O) groups is 1. The smallest absolute Gasteiger partial charge is 0.324 e. The molecule has 3 N–H and O–H groups in total. The molecule has 0 aliphatic carbocycles. The van der Waals surface area contributed by atoms with Gasteiger partial charge in [-0.3, -0.25) is 4.79 Å². The average Bonchev–Trinajstić information content (AvgIpc) is 1.67. The highest BCUT2D eigenvalue weighted by Crippen LogP contribution is 1.99. The Bertz CT molecular complexity index is 109. The van der Waals surface area contributed by atoms with Gasteiger partial charge in [-0.1, -0.05) is 0 Å². The molecule has 1 atom stereocenters. The lowest BCUT2D eigenvalue weighted by molar-refractivity contribution is -0.141. The van der Waals surface area contributed by atoms with Gasteiger partial charge >= 0.3 is 5.97 Å². The topological polar surface area (TPSA) is 63.3 Å². The predicted octanol–water partition coefficient (Wildman–Crippen LogP) is 0.562. The SMILES string of the molecule is C[C@@](N)(CS)C(=O)O.Cl.Cl. The summed E-state index contributed by atoms with van der Waals surface area (Å²) >= 11 is 3.73. The van der Waals surface area contributed by atoms with Gasteiger partial charge in [0.15, 0.2) is 0 Å². The van der Waals surface area contributed by atoms with Crippen LogP contribution < -0.4 is 5.73 Å². The van der Waals surface area contributed by atoms with E-state index < -0.39 is 11.5 Å². The normalized spacial score (nSPS) is 13.9. The molecule has 0 aliphatic heterocycles. The number of halogens is 2. The highest BCUT2D eigenvalue weighted by Gasteiger charge is 2.25. The van der Waals surface area contributed by atoms with E-state index in [2.05, 4.69) is 12.6 Å². The van der Waals surface area contributed by atoms with Crippen molar-refractivity contribution in [2.24, 2.45) is 5.73 Å². The molecule has 0 aliphatic rings. The summed E-state index contributed by atoms with van der Waals surface area (Å²) in [7, 11) is 0. The van der Waals surface area contributed by atoms with E-state index in [0.29, 0.717) is 0 Å². The van der Waals surface area contributed by atoms with Crippen LogP contribution in [-0.4, -0.2) is 22.4 Å². The van der Waals surface area contributed by atoms with E-state index in [4.69, 9.17) is 10.8 Å². The number of rotatable bonds is 2. The molecule has 0 fully saturated rings. The molecule has 10 heavy (non-hydrogen) atoms. The second-order valence-electron chi connectivity index (χ2n) is 1.88. The minimum atomic E-state index is -1.18. The zero-order chi connectivity index (χ0) is 6.78. The van der Waals surface area contributed by atoms with Gasteiger partial charge in [-0.05, 0) is 6.92 Å². The van der Waals surface area contributed by atoms with Gasteiger partial charge in [0.1, 0.15) is 5.54 Å². The van der Waals surface area contributed by atoms with Gasteiger partial charge in [0.25, 0.3) is 0 Å². The number of aliphatic carboxylic acids is 1. The first-order chi connectivity index (χ1) is 3.50. The Morgan fingerprint density at radius 1 is 1.70 bits per heavy atom. The lowest BCUT2D eigenvalue weighted by atomic mass is 10.1. The number of nitrogens with two attached hydrogens (primary N) is 1. The Morgan fingerprint density at radius 2 is 2.00 bits per heavy atom. The summed E-state index contributed by atoms with van der Waals surface area (Å²) in [5, 5.41) is 8.27. The third kappa shape index (κ3) is 5.17. The summed E-state index contributed by atoms with van der Waals surface area (Å²) in [5.41, 5.74) is 4.01. The van der Waals surface area contributed by atoms with Crippen molar-refractivity contribution in [3.8, 4) is 0 Å². The van der Waals surface area contributed by atoms with Crippen LogP contribution in [0.5, 0.6) is 0 Å². The van der Waals surface area contributed by atoms with Gasteiger partial charge < -0.3 is 10.8 Å². The number of carboxylic acids is 1. The van der Waals surface area contributed by atoms with E-state index in [9.17, 15) is 4.79 Å². The van der Waals surface area contributed by atoms with Crippen molar-refractivity contribution in [3.63, 3.8) is 0 Å². The molecule has 0 radical (unpaired) electrons. The number of carboxylic acid groups (broad SMARTS) is 1. The van der Waals surface area contributed by atoms with Crippen LogP contribution in [-0.2, 0) is 4.79 Å². The highest BCUT2D eigenvalue weighted by atomic mass is 35.5. The summed E-state index contributed by atoms with van der Waals surface area (Å²) in [6.07, 6.45) is 0. The molecule has 0 unspecified atom stereocenters. The molecule has 0 saturated heterocycles. The van der Waals surface area contributed by atoms with Gasteiger partial charge in [-0.2, -0.15) is 12.6 Å². The van der Waals surface area contributed by atoms with Crippen LogP contribution in [0.25, 0.3) is 0 Å². The monoisotopic (exact) mass is 207 g/mol. The number of hydrogen-bond donors (Lipinski definition) is 3. The van der Waals surface area contributed by atoms with Crippen molar-refractivity contribution in [2.45, 2.75) is 12.5 Å². The van der Waals surface area contributed by atoms with Crippen molar-refractivity contribution in [1.29, 1.82) is 0 Å². The first kappa shape index (κ1) is 16.8. The second kappa shape index (κ2) is 6.09. The summed E-state index contributed by atoms with van der Waals surface area (Å²) in [4.78, 5) is 10.1. The highest BCUT2D eigenvalue weighted by molar-refractivity contribution is 7.80. The van der Waals surface area contributed by atoms with Crippen LogP contribution >= 0.6 is 37.4 Å². The summed E-state index contributed by atoms with van der Waals surface area (Å²) < 4.78 is 0. The molecule has 0 saturated carbocycles. The van der Waals surface area contributed by atoms with Crippen LogP contribution in [0.1, 0.15) is 6.92 Å². The van der Waals surface area contributed by atoms with Crippen LogP contribution in [0, 0.1) is 0 Å². The van der Waals surface area contributed by atoms with Gasteiger partial charge in [0, 0.05) is 5.75 Å². The van der Waals surface area contributed by atoms with E-state index in [0.717, 1.165) is 0 Å². The van der Waals surface area contributed by atoms with Gasteiger partial charge in [0.2, 0.25) is 0 Å². The summed E-state index contributed by atoms with van der Waals surface area (Å²) in [5.74, 6) is -0.866. The first-order valence-electron chi connectivity index (χ1n) is 2.14. The maximum absolute atomic E-state index is 10.1. The van der Waals surface area contributed by atoms with E-state index >= 15 is 0 Å². The molecule has 6 heteroatoms. The first-order valence-corrected chi connectivity index (χ1v) is 2.77. The van der Waals surface area contributed by atoms with Crippen LogP contribution in [0.2, 0.25) is 0 Å². The Kier molecular flexibility index (Phi) is 10.2. The fourth-order valence-corrected chi connectivity index (χ4v) is 0.203. The molecule has 3 nitrogen and oxygen atoms in total. The fraction of sp³-hybridized carbons (Fsp3) is 0.750. The summed E-state index contributed by atoms with van der Waals surface area (Å²) in [6.45, 7) is 1.42. The molecular formula is C4H11Cl2NO2S. The van der Waals surface area contributed by atoms with Crippen molar-refractivity contribution in [1.82, 2.24) is 0 Å². The maximum Gasteiger partial charge on any atom is 0.324 e. The molecule has 0 aromatic carbocycles. The Balaban J connectivity index is -0.000000245. The molecule has 0 aromatic heterocycles. The molecule has 0 bridgehead atoms. The van der Waals surface area contributed by atoms with E-state index in [1.165, 1.54) is 6.92 Å². The van der Waals surface area contributed by atoms with E-state index in [-0.39, 0.29) is 30.6 Å². The Hall–Kier alpha value is 0.360. The predicted molar refractivity (Wildman–Crippen MR) is 48.6 cm³/mol. The lowest BCUT2D eigenvalue weighted by Crippen LogP contribution is -2.46.